The van der Waals surface area contributed by atoms with Gasteiger partial charge in [0.15, 0.2) is 11.4 Å². The fourth-order valence-corrected chi connectivity index (χ4v) is 5.65. The Hall–Kier alpha value is -4.76. The van der Waals surface area contributed by atoms with Crippen molar-refractivity contribution in [3.8, 4) is 5.75 Å². The van der Waals surface area contributed by atoms with Gasteiger partial charge in [-0.2, -0.15) is 0 Å². The molecule has 4 aromatic rings. The number of thiazole rings is 1. The molecular weight excluding hydrogens is 550 g/mol. The molecule has 1 N–H and O–H groups in total. The third-order valence-electron chi connectivity index (χ3n) is 6.58. The minimum atomic E-state index is -0.655. The summed E-state index contributed by atoms with van der Waals surface area (Å²) in [7, 11) is 0. The fraction of sp³-hybridized carbons (Fsp3) is 0.212. The lowest BCUT2D eigenvalue weighted by molar-refractivity contribution is -0.143. The Bertz CT molecular complexity index is 1820. The number of benzene rings is 3. The SMILES string of the molecule is CC1=C(C(=O)OC(C)C)C(c2ccccc2)n2c(sc(=Cc3ccc(OCC(=O)Nc4ccc(C)cc4)cc3)c2=O)=N1. The molecule has 1 amide bonds. The van der Waals surface area contributed by atoms with Crippen molar-refractivity contribution in [3.05, 3.63) is 127 Å². The summed E-state index contributed by atoms with van der Waals surface area (Å²) in [5, 5.41) is 2.80. The zero-order valence-corrected chi connectivity index (χ0v) is 24.6. The first kappa shape index (κ1) is 28.8. The number of hydrogen-bond donors (Lipinski definition) is 1. The van der Waals surface area contributed by atoms with Gasteiger partial charge < -0.3 is 14.8 Å². The van der Waals surface area contributed by atoms with E-state index in [-0.39, 0.29) is 24.2 Å². The van der Waals surface area contributed by atoms with Crippen LogP contribution in [0.5, 0.6) is 5.75 Å². The van der Waals surface area contributed by atoms with E-state index >= 15 is 0 Å². The number of amides is 1. The highest BCUT2D eigenvalue weighted by Gasteiger charge is 2.33. The van der Waals surface area contributed by atoms with Gasteiger partial charge in [0.25, 0.3) is 11.5 Å². The first-order valence-corrected chi connectivity index (χ1v) is 14.4. The molecule has 0 saturated carbocycles. The van der Waals surface area contributed by atoms with Crippen molar-refractivity contribution in [2.75, 3.05) is 11.9 Å². The summed E-state index contributed by atoms with van der Waals surface area (Å²) in [4.78, 5) is 44.3. The van der Waals surface area contributed by atoms with Crippen LogP contribution in [0.1, 0.15) is 43.5 Å². The molecule has 0 fully saturated rings. The van der Waals surface area contributed by atoms with Crippen LogP contribution in [0.4, 0.5) is 5.69 Å². The molecule has 42 heavy (non-hydrogen) atoms. The molecular formula is C33H31N3O5S. The lowest BCUT2D eigenvalue weighted by Crippen LogP contribution is -2.40. The van der Waals surface area contributed by atoms with Crippen molar-refractivity contribution in [2.24, 2.45) is 4.99 Å². The number of allylic oxidation sites excluding steroid dienone is 1. The molecule has 1 unspecified atom stereocenters. The Balaban J connectivity index is 1.39. The minimum Gasteiger partial charge on any atom is -0.484 e. The lowest BCUT2D eigenvalue weighted by Gasteiger charge is -2.25. The second-order valence-corrected chi connectivity index (χ2v) is 11.2. The predicted octanol–water partition coefficient (Wildman–Crippen LogP) is 4.51. The van der Waals surface area contributed by atoms with Gasteiger partial charge in [0, 0.05) is 5.69 Å². The second kappa shape index (κ2) is 12.4. The average Bonchev–Trinajstić information content (AvgIpc) is 3.27. The Morgan fingerprint density at radius 1 is 1.00 bits per heavy atom. The third kappa shape index (κ3) is 6.42. The number of nitrogens with one attached hydrogen (secondary N) is 1. The minimum absolute atomic E-state index is 0.133. The molecule has 5 rings (SSSR count). The van der Waals surface area contributed by atoms with E-state index in [9.17, 15) is 14.4 Å². The van der Waals surface area contributed by atoms with E-state index in [4.69, 9.17) is 9.47 Å². The number of anilines is 1. The van der Waals surface area contributed by atoms with Gasteiger partial charge in [-0.25, -0.2) is 9.79 Å². The lowest BCUT2D eigenvalue weighted by atomic mass is 9.96. The summed E-state index contributed by atoms with van der Waals surface area (Å²) in [5.74, 6) is -0.220. The van der Waals surface area contributed by atoms with Crippen LogP contribution >= 0.6 is 11.3 Å². The van der Waals surface area contributed by atoms with E-state index in [0.29, 0.717) is 32.0 Å². The summed E-state index contributed by atoms with van der Waals surface area (Å²) in [6.45, 7) is 7.19. The normalized spacial score (nSPS) is 14.8. The van der Waals surface area contributed by atoms with E-state index in [1.165, 1.54) is 11.3 Å². The number of esters is 1. The molecule has 0 saturated heterocycles. The Morgan fingerprint density at radius 2 is 1.69 bits per heavy atom. The smallest absolute Gasteiger partial charge is 0.338 e. The summed E-state index contributed by atoms with van der Waals surface area (Å²) < 4.78 is 13.2. The summed E-state index contributed by atoms with van der Waals surface area (Å²) >= 11 is 1.26. The second-order valence-electron chi connectivity index (χ2n) is 10.2. The zero-order valence-electron chi connectivity index (χ0n) is 23.8. The quantitative estimate of drug-likeness (QED) is 0.309. The highest BCUT2D eigenvalue weighted by Crippen LogP contribution is 2.30. The number of aryl methyl sites for hydroxylation is 1. The number of rotatable bonds is 8. The summed E-state index contributed by atoms with van der Waals surface area (Å²) in [6.07, 6.45) is 1.47. The maximum Gasteiger partial charge on any atom is 0.338 e. The molecule has 1 aliphatic heterocycles. The molecule has 1 atom stereocenters. The molecule has 0 spiro atoms. The molecule has 8 nitrogen and oxygen atoms in total. The van der Waals surface area contributed by atoms with E-state index in [1.54, 1.807) is 43.5 Å². The summed E-state index contributed by atoms with van der Waals surface area (Å²) in [5.41, 5.74) is 4.02. The molecule has 9 heteroatoms. The molecule has 0 bridgehead atoms. The van der Waals surface area contributed by atoms with E-state index in [2.05, 4.69) is 10.3 Å². The number of hydrogen-bond acceptors (Lipinski definition) is 7. The molecule has 2 heterocycles. The first-order chi connectivity index (χ1) is 20.2. The van der Waals surface area contributed by atoms with Crippen molar-refractivity contribution in [1.29, 1.82) is 0 Å². The predicted molar refractivity (Wildman–Crippen MR) is 163 cm³/mol. The van der Waals surface area contributed by atoms with Crippen molar-refractivity contribution >= 4 is 35.0 Å². The number of nitrogens with zero attached hydrogens (tertiary/aromatic N) is 2. The average molecular weight is 582 g/mol. The zero-order chi connectivity index (χ0) is 29.8. The largest absolute Gasteiger partial charge is 0.484 e. The van der Waals surface area contributed by atoms with E-state index in [0.717, 1.165) is 16.7 Å². The molecule has 1 aromatic heterocycles. The van der Waals surface area contributed by atoms with Crippen molar-refractivity contribution in [1.82, 2.24) is 4.57 Å². The van der Waals surface area contributed by atoms with Gasteiger partial charge in [-0.05, 0) is 69.2 Å². The fourth-order valence-electron chi connectivity index (χ4n) is 4.61. The van der Waals surface area contributed by atoms with Gasteiger partial charge >= 0.3 is 5.97 Å². The van der Waals surface area contributed by atoms with Crippen molar-refractivity contribution in [3.63, 3.8) is 0 Å². The molecule has 0 radical (unpaired) electrons. The maximum atomic E-state index is 13.8. The van der Waals surface area contributed by atoms with Crippen LogP contribution in [0.2, 0.25) is 0 Å². The maximum absolute atomic E-state index is 13.8. The highest BCUT2D eigenvalue weighted by atomic mass is 32.1. The van der Waals surface area contributed by atoms with Gasteiger partial charge in [0.2, 0.25) is 0 Å². The van der Waals surface area contributed by atoms with Crippen LogP contribution < -0.4 is 24.9 Å². The third-order valence-corrected chi connectivity index (χ3v) is 7.57. The van der Waals surface area contributed by atoms with Gasteiger partial charge in [0.1, 0.15) is 5.75 Å². The highest BCUT2D eigenvalue weighted by molar-refractivity contribution is 7.07. The monoisotopic (exact) mass is 581 g/mol. The van der Waals surface area contributed by atoms with Crippen molar-refractivity contribution in [2.45, 2.75) is 39.8 Å². The number of aromatic nitrogens is 1. The van der Waals surface area contributed by atoms with Crippen LogP contribution in [-0.4, -0.2) is 29.2 Å². The van der Waals surface area contributed by atoms with Crippen LogP contribution in [0.15, 0.2) is 99.9 Å². The topological polar surface area (TPSA) is 99.0 Å². The standard InChI is InChI=1S/C33H31N3O5S/c1-20(2)41-32(39)29-22(4)34-33-36(30(29)24-8-6-5-7-9-24)31(38)27(42-33)18-23-12-16-26(17-13-23)40-19-28(37)35-25-14-10-21(3)11-15-25/h5-18,20,30H,19H2,1-4H3,(H,35,37). The first-order valence-electron chi connectivity index (χ1n) is 13.6. The number of fused-ring (bicyclic) bond motifs is 1. The van der Waals surface area contributed by atoms with Crippen LogP contribution in [-0.2, 0) is 14.3 Å². The van der Waals surface area contributed by atoms with Crippen LogP contribution in [0, 0.1) is 6.92 Å². The number of carbonyl (C=O) groups excluding carboxylic acids is 2. The molecule has 214 valence electrons. The van der Waals surface area contributed by atoms with Crippen LogP contribution in [0.3, 0.4) is 0 Å². The van der Waals surface area contributed by atoms with Gasteiger partial charge in [-0.3, -0.25) is 14.2 Å². The number of carbonyl (C=O) groups is 2. The molecule has 1 aliphatic rings. The molecule has 3 aromatic carbocycles. The van der Waals surface area contributed by atoms with E-state index < -0.39 is 12.0 Å². The number of ether oxygens (including phenoxy) is 2. The Kier molecular flexibility index (Phi) is 8.49. The summed E-state index contributed by atoms with van der Waals surface area (Å²) in [6, 6.07) is 23.4. The Labute approximate surface area is 247 Å². The van der Waals surface area contributed by atoms with Crippen LogP contribution in [0.25, 0.3) is 6.08 Å². The Morgan fingerprint density at radius 3 is 2.36 bits per heavy atom. The van der Waals surface area contributed by atoms with Gasteiger partial charge in [0.05, 0.1) is 27.9 Å². The van der Waals surface area contributed by atoms with E-state index in [1.807, 2.05) is 73.7 Å². The molecule has 0 aliphatic carbocycles. The van der Waals surface area contributed by atoms with Gasteiger partial charge in [-0.1, -0.05) is 71.5 Å². The van der Waals surface area contributed by atoms with Gasteiger partial charge in [-0.15, -0.1) is 0 Å². The van der Waals surface area contributed by atoms with Crippen molar-refractivity contribution < 1.29 is 19.1 Å².